The Bertz CT molecular complexity index is 3550. The smallest absolute Gasteiger partial charge is 0.164 e. The zero-order valence-corrected chi connectivity index (χ0v) is 28.4. The third-order valence-electron chi connectivity index (χ3n) is 9.87. The van der Waals surface area contributed by atoms with Crippen molar-refractivity contribution in [3.05, 3.63) is 182 Å². The summed E-state index contributed by atoms with van der Waals surface area (Å²) in [5, 5.41) is 3.45. The standard InChI is InChI=1S/C49H30N4O/c1-3-14-32(15-4-1)47-50-48(33-16-5-2-6-17-33)52-49(51-47)36-25-26-40-42-30-37(53-43-21-11-9-19-38(43)39-20-10-12-22-44(39)53)29-41(46(42)54-45(40)28-36)35-24-23-31-13-7-8-18-34(31)27-35/h1-30H/i9D,10D,11D,12D,19D,20D,21D,22D. The maximum absolute atomic E-state index is 9.15. The predicted molar refractivity (Wildman–Crippen MR) is 221 cm³/mol. The Kier molecular flexibility index (Phi) is 5.21. The van der Waals surface area contributed by atoms with Gasteiger partial charge in [0.1, 0.15) is 11.2 Å². The van der Waals surface area contributed by atoms with Gasteiger partial charge in [-0.05, 0) is 58.8 Å². The molecule has 252 valence electrons. The van der Waals surface area contributed by atoms with Crippen LogP contribution in [0.4, 0.5) is 0 Å². The van der Waals surface area contributed by atoms with Crippen LogP contribution < -0.4 is 0 Å². The fraction of sp³-hybridized carbons (Fsp3) is 0. The molecule has 0 unspecified atom stereocenters. The number of rotatable bonds is 5. The van der Waals surface area contributed by atoms with E-state index in [0.29, 0.717) is 50.8 Å². The van der Waals surface area contributed by atoms with E-state index in [-0.39, 0.29) is 33.9 Å². The summed E-state index contributed by atoms with van der Waals surface area (Å²) in [6, 6.07) is 39.5. The molecule has 5 nitrogen and oxygen atoms in total. The third kappa shape index (κ3) is 4.90. The fourth-order valence-electron chi connectivity index (χ4n) is 7.32. The van der Waals surface area contributed by atoms with Crippen molar-refractivity contribution in [2.24, 2.45) is 0 Å². The van der Waals surface area contributed by atoms with E-state index in [1.54, 1.807) is 4.57 Å². The molecule has 11 aromatic rings. The molecular formula is C49H30N4O. The van der Waals surface area contributed by atoms with Crippen LogP contribution in [0.3, 0.4) is 0 Å². The van der Waals surface area contributed by atoms with E-state index in [4.69, 9.17) is 30.3 Å². The normalized spacial score (nSPS) is 13.8. The van der Waals surface area contributed by atoms with E-state index in [1.807, 2.05) is 127 Å². The van der Waals surface area contributed by atoms with Crippen LogP contribution in [0, 0.1) is 0 Å². The van der Waals surface area contributed by atoms with Gasteiger partial charge >= 0.3 is 0 Å². The second-order valence-electron chi connectivity index (χ2n) is 13.1. The number of benzene rings is 8. The topological polar surface area (TPSA) is 56.7 Å². The minimum absolute atomic E-state index is 0.00846. The van der Waals surface area contributed by atoms with Crippen molar-refractivity contribution in [2.75, 3.05) is 0 Å². The van der Waals surface area contributed by atoms with E-state index < -0.39 is 36.3 Å². The Morgan fingerprint density at radius 3 is 1.69 bits per heavy atom. The molecule has 0 saturated carbocycles. The van der Waals surface area contributed by atoms with Crippen LogP contribution in [0.1, 0.15) is 11.0 Å². The molecule has 3 aromatic heterocycles. The molecule has 8 aromatic carbocycles. The van der Waals surface area contributed by atoms with Gasteiger partial charge in [-0.25, -0.2) is 15.0 Å². The van der Waals surface area contributed by atoms with Gasteiger partial charge in [0.25, 0.3) is 0 Å². The lowest BCUT2D eigenvalue weighted by Crippen LogP contribution is -2.00. The highest BCUT2D eigenvalue weighted by Crippen LogP contribution is 2.42. The quantitative estimate of drug-likeness (QED) is 0.180. The van der Waals surface area contributed by atoms with Gasteiger partial charge in [-0.2, -0.15) is 0 Å². The lowest BCUT2D eigenvalue weighted by Gasteiger charge is -2.12. The maximum atomic E-state index is 9.15. The van der Waals surface area contributed by atoms with Gasteiger partial charge in [-0.1, -0.05) is 139 Å². The molecule has 0 saturated heterocycles. The number of para-hydroxylation sites is 2. The number of nitrogens with zero attached hydrogens (tertiary/aromatic N) is 4. The van der Waals surface area contributed by atoms with Crippen LogP contribution in [-0.2, 0) is 0 Å². The highest BCUT2D eigenvalue weighted by molar-refractivity contribution is 6.13. The number of furan rings is 1. The van der Waals surface area contributed by atoms with Gasteiger partial charge in [-0.3, -0.25) is 0 Å². The van der Waals surface area contributed by atoms with Crippen molar-refractivity contribution in [2.45, 2.75) is 0 Å². The third-order valence-corrected chi connectivity index (χ3v) is 9.87. The Morgan fingerprint density at radius 1 is 0.444 bits per heavy atom. The Hall–Kier alpha value is -7.37. The first-order valence-electron chi connectivity index (χ1n) is 21.5. The molecule has 54 heavy (non-hydrogen) atoms. The van der Waals surface area contributed by atoms with Crippen molar-refractivity contribution in [1.29, 1.82) is 0 Å². The summed E-state index contributed by atoms with van der Waals surface area (Å²) in [4.78, 5) is 14.7. The maximum Gasteiger partial charge on any atom is 0.164 e. The fourth-order valence-corrected chi connectivity index (χ4v) is 7.32. The van der Waals surface area contributed by atoms with Crippen molar-refractivity contribution >= 4 is 54.5 Å². The second-order valence-corrected chi connectivity index (χ2v) is 13.1. The van der Waals surface area contributed by atoms with Gasteiger partial charge < -0.3 is 8.98 Å². The minimum atomic E-state index is -0.497. The monoisotopic (exact) mass is 698 g/mol. The van der Waals surface area contributed by atoms with Gasteiger partial charge in [0, 0.05) is 49.5 Å². The second kappa shape index (κ2) is 12.1. The molecule has 0 fully saturated rings. The largest absolute Gasteiger partial charge is 0.455 e. The molecule has 0 amide bonds. The van der Waals surface area contributed by atoms with E-state index >= 15 is 0 Å². The van der Waals surface area contributed by atoms with E-state index in [2.05, 4.69) is 6.07 Å². The zero-order chi connectivity index (χ0) is 42.6. The summed E-state index contributed by atoms with van der Waals surface area (Å²) < 4.78 is 79.0. The highest BCUT2D eigenvalue weighted by Gasteiger charge is 2.20. The van der Waals surface area contributed by atoms with Crippen LogP contribution >= 0.6 is 0 Å². The van der Waals surface area contributed by atoms with Gasteiger partial charge in [0.2, 0.25) is 0 Å². The molecule has 11 rings (SSSR count). The molecule has 0 N–H and O–H groups in total. The van der Waals surface area contributed by atoms with E-state index in [1.165, 1.54) is 0 Å². The number of hydrogen-bond acceptors (Lipinski definition) is 4. The predicted octanol–water partition coefficient (Wildman–Crippen LogP) is 12.7. The number of hydrogen-bond donors (Lipinski definition) is 0. The Morgan fingerprint density at radius 2 is 1.02 bits per heavy atom. The summed E-state index contributed by atoms with van der Waals surface area (Å²) in [7, 11) is 0. The van der Waals surface area contributed by atoms with Crippen molar-refractivity contribution in [1.82, 2.24) is 19.5 Å². The van der Waals surface area contributed by atoms with Crippen molar-refractivity contribution in [3.8, 4) is 51.0 Å². The Balaban J connectivity index is 1.21. The summed E-state index contributed by atoms with van der Waals surface area (Å²) in [6.07, 6.45) is 0. The van der Waals surface area contributed by atoms with Crippen LogP contribution in [0.25, 0.3) is 105 Å². The van der Waals surface area contributed by atoms with Crippen LogP contribution in [-0.4, -0.2) is 19.5 Å². The summed E-state index contributed by atoms with van der Waals surface area (Å²) in [5.41, 5.74) is 5.40. The first-order valence-corrected chi connectivity index (χ1v) is 17.5. The molecule has 3 heterocycles. The summed E-state index contributed by atoms with van der Waals surface area (Å²) >= 11 is 0. The van der Waals surface area contributed by atoms with Crippen molar-refractivity contribution in [3.63, 3.8) is 0 Å². The highest BCUT2D eigenvalue weighted by atomic mass is 16.3. The van der Waals surface area contributed by atoms with E-state index in [0.717, 1.165) is 32.8 Å². The Labute approximate surface area is 321 Å². The molecule has 0 aliphatic carbocycles. The van der Waals surface area contributed by atoms with Crippen LogP contribution in [0.15, 0.2) is 186 Å². The van der Waals surface area contributed by atoms with Crippen LogP contribution in [0.2, 0.25) is 0 Å². The number of fused-ring (bicyclic) bond motifs is 7. The first-order chi connectivity index (χ1) is 30.1. The van der Waals surface area contributed by atoms with E-state index in [9.17, 15) is 0 Å². The summed E-state index contributed by atoms with van der Waals surface area (Å²) in [5.74, 6) is 1.48. The number of aromatic nitrogens is 4. The molecule has 5 heteroatoms. The molecule has 0 bridgehead atoms. The van der Waals surface area contributed by atoms with Gasteiger partial charge in [0.15, 0.2) is 17.5 Å². The van der Waals surface area contributed by atoms with Gasteiger partial charge in [0.05, 0.1) is 22.0 Å². The molecule has 0 aliphatic rings. The minimum Gasteiger partial charge on any atom is -0.455 e. The van der Waals surface area contributed by atoms with Gasteiger partial charge in [-0.15, -0.1) is 0 Å². The molecular weight excluding hydrogens is 661 g/mol. The average Bonchev–Trinajstić information content (AvgIpc) is 3.88. The van der Waals surface area contributed by atoms with Crippen LogP contribution in [0.5, 0.6) is 0 Å². The lowest BCUT2D eigenvalue weighted by atomic mass is 9.98. The van der Waals surface area contributed by atoms with Crippen molar-refractivity contribution < 1.29 is 15.4 Å². The molecule has 0 radical (unpaired) electrons. The molecule has 0 atom stereocenters. The molecule has 0 aliphatic heterocycles. The lowest BCUT2D eigenvalue weighted by molar-refractivity contribution is 0.670. The average molecular weight is 699 g/mol. The SMILES string of the molecule is [2H]c1c([2H])c([2H])c2c(c1[2H])c1c([2H])c([2H])c([2H])c([2H])c1n2-c1cc(-c2ccc3ccccc3c2)c2oc3cc(-c4nc(-c5ccccc5)nc(-c5ccccc5)n4)ccc3c2c1. The zero-order valence-electron chi connectivity index (χ0n) is 36.4. The first kappa shape index (κ1) is 23.2. The summed E-state index contributed by atoms with van der Waals surface area (Å²) in [6.45, 7) is 0. The molecule has 0 spiro atoms.